The third kappa shape index (κ3) is 2.29. The second kappa shape index (κ2) is 4.04. The Morgan fingerprint density at radius 3 is 2.93 bits per heavy atom. The Bertz CT molecular complexity index is 289. The Kier molecular flexibility index (Phi) is 2.77. The first kappa shape index (κ1) is 9.58. The lowest BCUT2D eigenvalue weighted by molar-refractivity contribution is 0.514. The SMILES string of the molecule is CC(C)CNCc1nnnn1C1CC1. The zero-order valence-electron chi connectivity index (χ0n) is 8.77. The molecule has 2 rings (SSSR count). The predicted molar refractivity (Wildman–Crippen MR) is 52.6 cm³/mol. The normalized spacial score (nSPS) is 16.5. The van der Waals surface area contributed by atoms with Crippen molar-refractivity contribution in [2.75, 3.05) is 6.54 Å². The van der Waals surface area contributed by atoms with Crippen molar-refractivity contribution in [2.24, 2.45) is 5.92 Å². The quantitative estimate of drug-likeness (QED) is 0.753. The summed E-state index contributed by atoms with van der Waals surface area (Å²) in [4.78, 5) is 0. The Balaban J connectivity index is 1.85. The molecule has 0 bridgehead atoms. The first-order valence-corrected chi connectivity index (χ1v) is 5.25. The molecule has 0 unspecified atom stereocenters. The number of rotatable bonds is 5. The van der Waals surface area contributed by atoms with E-state index in [-0.39, 0.29) is 0 Å². The van der Waals surface area contributed by atoms with E-state index in [1.807, 2.05) is 4.68 Å². The molecule has 0 amide bonds. The van der Waals surface area contributed by atoms with Gasteiger partial charge in [0.25, 0.3) is 0 Å². The highest BCUT2D eigenvalue weighted by atomic mass is 15.6. The van der Waals surface area contributed by atoms with Gasteiger partial charge in [-0.1, -0.05) is 13.8 Å². The van der Waals surface area contributed by atoms with Crippen LogP contribution in [0.25, 0.3) is 0 Å². The standard InChI is InChI=1S/C9H17N5/c1-7(2)5-10-6-9-11-12-13-14(9)8-3-4-8/h7-8,10H,3-6H2,1-2H3. The van der Waals surface area contributed by atoms with Gasteiger partial charge >= 0.3 is 0 Å². The van der Waals surface area contributed by atoms with Gasteiger partial charge in [-0.25, -0.2) is 4.68 Å². The van der Waals surface area contributed by atoms with Gasteiger partial charge in [-0.15, -0.1) is 5.10 Å². The molecule has 0 aromatic carbocycles. The van der Waals surface area contributed by atoms with Crippen LogP contribution in [0, 0.1) is 5.92 Å². The molecule has 1 heterocycles. The van der Waals surface area contributed by atoms with Gasteiger partial charge < -0.3 is 5.32 Å². The van der Waals surface area contributed by atoms with Crippen molar-refractivity contribution >= 4 is 0 Å². The molecule has 0 spiro atoms. The maximum absolute atomic E-state index is 4.01. The number of nitrogens with one attached hydrogen (secondary N) is 1. The second-order valence-electron chi connectivity index (χ2n) is 4.30. The van der Waals surface area contributed by atoms with E-state index >= 15 is 0 Å². The lowest BCUT2D eigenvalue weighted by atomic mass is 10.2. The minimum atomic E-state index is 0.570. The fourth-order valence-electron chi connectivity index (χ4n) is 1.40. The highest BCUT2D eigenvalue weighted by molar-refractivity contribution is 4.89. The number of hydrogen-bond acceptors (Lipinski definition) is 4. The molecule has 14 heavy (non-hydrogen) atoms. The first-order chi connectivity index (χ1) is 6.77. The molecule has 0 atom stereocenters. The summed E-state index contributed by atoms with van der Waals surface area (Å²) < 4.78 is 1.95. The highest BCUT2D eigenvalue weighted by Gasteiger charge is 2.27. The summed E-state index contributed by atoms with van der Waals surface area (Å²) in [7, 11) is 0. The monoisotopic (exact) mass is 195 g/mol. The number of nitrogens with zero attached hydrogens (tertiary/aromatic N) is 4. The molecule has 5 heteroatoms. The second-order valence-corrected chi connectivity index (χ2v) is 4.30. The van der Waals surface area contributed by atoms with E-state index in [0.717, 1.165) is 18.9 Å². The molecule has 1 fully saturated rings. The zero-order chi connectivity index (χ0) is 9.97. The highest BCUT2D eigenvalue weighted by Crippen LogP contribution is 2.34. The van der Waals surface area contributed by atoms with Crippen molar-refractivity contribution in [1.82, 2.24) is 25.5 Å². The third-order valence-corrected chi connectivity index (χ3v) is 2.29. The summed E-state index contributed by atoms with van der Waals surface area (Å²) in [5, 5.41) is 15.1. The molecule has 1 aliphatic carbocycles. The molecule has 0 aliphatic heterocycles. The smallest absolute Gasteiger partial charge is 0.165 e. The van der Waals surface area contributed by atoms with Gasteiger partial charge in [-0.2, -0.15) is 0 Å². The molecule has 78 valence electrons. The third-order valence-electron chi connectivity index (χ3n) is 2.29. The van der Waals surface area contributed by atoms with Crippen LogP contribution >= 0.6 is 0 Å². The molecule has 1 aromatic heterocycles. The van der Waals surface area contributed by atoms with E-state index in [4.69, 9.17) is 0 Å². The van der Waals surface area contributed by atoms with E-state index in [9.17, 15) is 0 Å². The van der Waals surface area contributed by atoms with Crippen LogP contribution < -0.4 is 5.32 Å². The van der Waals surface area contributed by atoms with E-state index in [1.54, 1.807) is 0 Å². The predicted octanol–water partition coefficient (Wildman–Crippen LogP) is 0.754. The van der Waals surface area contributed by atoms with E-state index in [0.29, 0.717) is 12.0 Å². The average Bonchev–Trinajstić information content (AvgIpc) is 2.87. The molecular weight excluding hydrogens is 178 g/mol. The van der Waals surface area contributed by atoms with Gasteiger partial charge in [-0.05, 0) is 35.7 Å². The Hall–Kier alpha value is -0.970. The summed E-state index contributed by atoms with van der Waals surface area (Å²) in [6.45, 7) is 6.17. The number of hydrogen-bond donors (Lipinski definition) is 1. The summed E-state index contributed by atoms with van der Waals surface area (Å²) in [5.41, 5.74) is 0. The molecule has 1 saturated carbocycles. The molecule has 0 radical (unpaired) electrons. The molecule has 1 aromatic rings. The maximum Gasteiger partial charge on any atom is 0.165 e. The van der Waals surface area contributed by atoms with Crippen molar-refractivity contribution in [3.63, 3.8) is 0 Å². The molecular formula is C9H17N5. The van der Waals surface area contributed by atoms with Crippen LogP contribution in [0.2, 0.25) is 0 Å². The summed E-state index contributed by atoms with van der Waals surface area (Å²) in [6.07, 6.45) is 2.45. The van der Waals surface area contributed by atoms with Crippen LogP contribution in [0.3, 0.4) is 0 Å². The van der Waals surface area contributed by atoms with E-state index in [2.05, 4.69) is 34.7 Å². The average molecular weight is 195 g/mol. The minimum Gasteiger partial charge on any atom is -0.310 e. The number of tetrazole rings is 1. The summed E-state index contributed by atoms with van der Waals surface area (Å²) >= 11 is 0. The van der Waals surface area contributed by atoms with Crippen LogP contribution in [0.15, 0.2) is 0 Å². The fourth-order valence-corrected chi connectivity index (χ4v) is 1.40. The Morgan fingerprint density at radius 2 is 2.29 bits per heavy atom. The van der Waals surface area contributed by atoms with Crippen LogP contribution in [0.5, 0.6) is 0 Å². The van der Waals surface area contributed by atoms with E-state index in [1.165, 1.54) is 12.8 Å². The molecule has 0 saturated heterocycles. The van der Waals surface area contributed by atoms with Crippen molar-refractivity contribution in [1.29, 1.82) is 0 Å². The zero-order valence-corrected chi connectivity index (χ0v) is 8.77. The molecule has 1 aliphatic rings. The van der Waals surface area contributed by atoms with Crippen LogP contribution in [-0.2, 0) is 6.54 Å². The van der Waals surface area contributed by atoms with Crippen LogP contribution in [-0.4, -0.2) is 26.8 Å². The van der Waals surface area contributed by atoms with E-state index < -0.39 is 0 Å². The van der Waals surface area contributed by atoms with Crippen molar-refractivity contribution in [2.45, 2.75) is 39.3 Å². The van der Waals surface area contributed by atoms with Gasteiger partial charge in [-0.3, -0.25) is 0 Å². The molecule has 5 nitrogen and oxygen atoms in total. The lowest BCUT2D eigenvalue weighted by Gasteiger charge is -2.06. The largest absolute Gasteiger partial charge is 0.310 e. The van der Waals surface area contributed by atoms with Gasteiger partial charge in [0.2, 0.25) is 0 Å². The van der Waals surface area contributed by atoms with Crippen LogP contribution in [0.1, 0.15) is 38.6 Å². The summed E-state index contributed by atoms with van der Waals surface area (Å²) in [5.74, 6) is 1.63. The van der Waals surface area contributed by atoms with Crippen molar-refractivity contribution in [3.8, 4) is 0 Å². The Labute approximate surface area is 83.9 Å². The van der Waals surface area contributed by atoms with Crippen molar-refractivity contribution < 1.29 is 0 Å². The fraction of sp³-hybridized carbons (Fsp3) is 0.889. The van der Waals surface area contributed by atoms with Gasteiger partial charge in [0.15, 0.2) is 5.82 Å². The first-order valence-electron chi connectivity index (χ1n) is 5.25. The Morgan fingerprint density at radius 1 is 1.50 bits per heavy atom. The topological polar surface area (TPSA) is 55.6 Å². The maximum atomic E-state index is 4.01. The van der Waals surface area contributed by atoms with Crippen molar-refractivity contribution in [3.05, 3.63) is 5.82 Å². The minimum absolute atomic E-state index is 0.570. The molecule has 1 N–H and O–H groups in total. The van der Waals surface area contributed by atoms with Gasteiger partial charge in [0, 0.05) is 0 Å². The van der Waals surface area contributed by atoms with Gasteiger partial charge in [0.1, 0.15) is 0 Å². The number of aromatic nitrogens is 4. The van der Waals surface area contributed by atoms with Gasteiger partial charge in [0.05, 0.1) is 12.6 Å². The lowest BCUT2D eigenvalue weighted by Crippen LogP contribution is -2.21. The van der Waals surface area contributed by atoms with Crippen LogP contribution in [0.4, 0.5) is 0 Å². The summed E-state index contributed by atoms with van der Waals surface area (Å²) in [6, 6.07) is 0.570.